The van der Waals surface area contributed by atoms with Gasteiger partial charge in [-0.1, -0.05) is 26.0 Å². The van der Waals surface area contributed by atoms with Crippen molar-refractivity contribution in [2.75, 3.05) is 14.2 Å². The van der Waals surface area contributed by atoms with Gasteiger partial charge < -0.3 is 14.2 Å². The fourth-order valence-electron chi connectivity index (χ4n) is 2.92. The van der Waals surface area contributed by atoms with Crippen LogP contribution in [0.1, 0.15) is 41.0 Å². The van der Waals surface area contributed by atoms with Crippen LogP contribution in [0.4, 0.5) is 0 Å². The van der Waals surface area contributed by atoms with Gasteiger partial charge in [0.2, 0.25) is 5.78 Å². The van der Waals surface area contributed by atoms with Crippen molar-refractivity contribution in [3.8, 4) is 0 Å². The summed E-state index contributed by atoms with van der Waals surface area (Å²) in [5.74, 6) is 0.569. The van der Waals surface area contributed by atoms with Gasteiger partial charge in [-0.15, -0.1) is 0 Å². The second-order valence-corrected chi connectivity index (χ2v) is 8.05. The lowest BCUT2D eigenvalue weighted by Gasteiger charge is -2.24. The van der Waals surface area contributed by atoms with Crippen molar-refractivity contribution in [1.82, 2.24) is 0 Å². The maximum Gasteiger partial charge on any atom is 0.262 e. The molecule has 1 unspecified atom stereocenters. The molecule has 5 heteroatoms. The highest BCUT2D eigenvalue weighted by Gasteiger charge is 2.27. The molecular formula is C24H30O5. The van der Waals surface area contributed by atoms with Gasteiger partial charge in [0.05, 0.1) is 14.2 Å². The number of carbonyl (C=O) groups excluding carboxylic acids is 2. The molecule has 0 N–H and O–H groups in total. The van der Waals surface area contributed by atoms with Crippen LogP contribution in [0.15, 0.2) is 70.5 Å². The zero-order chi connectivity index (χ0) is 21.8. The molecule has 0 heterocycles. The van der Waals surface area contributed by atoms with E-state index in [1.807, 2.05) is 52.8 Å². The normalized spacial score (nSPS) is 21.3. The Hall–Kier alpha value is -2.82. The fourth-order valence-corrected chi connectivity index (χ4v) is 2.92. The number of carbonyl (C=O) groups is 2. The lowest BCUT2D eigenvalue weighted by molar-refractivity contribution is -0.120. The Balaban J connectivity index is 2.44. The Morgan fingerprint density at radius 3 is 1.83 bits per heavy atom. The SMILES string of the molecule is CCC(C)C1=C/C(=C/C=C2\C=C(OC)C(=O)C(OC(C)(C)C)=C2)C=C(OC)C1=O. The lowest BCUT2D eigenvalue weighted by Crippen LogP contribution is -2.24. The van der Waals surface area contributed by atoms with Crippen LogP contribution in [0.3, 0.4) is 0 Å². The van der Waals surface area contributed by atoms with Crippen molar-refractivity contribution in [2.24, 2.45) is 5.92 Å². The van der Waals surface area contributed by atoms with Gasteiger partial charge in [0, 0.05) is 5.57 Å². The van der Waals surface area contributed by atoms with Crippen molar-refractivity contribution in [1.29, 1.82) is 0 Å². The second-order valence-electron chi connectivity index (χ2n) is 8.05. The van der Waals surface area contributed by atoms with Crippen LogP contribution in [0.25, 0.3) is 0 Å². The summed E-state index contributed by atoms with van der Waals surface area (Å²) in [4.78, 5) is 25.0. The van der Waals surface area contributed by atoms with E-state index < -0.39 is 5.60 Å². The first-order valence-corrected chi connectivity index (χ1v) is 9.74. The Morgan fingerprint density at radius 2 is 1.34 bits per heavy atom. The summed E-state index contributed by atoms with van der Waals surface area (Å²) >= 11 is 0. The minimum absolute atomic E-state index is 0.0720. The van der Waals surface area contributed by atoms with Gasteiger partial charge in [-0.3, -0.25) is 9.59 Å². The molecule has 156 valence electrons. The third-order valence-corrected chi connectivity index (χ3v) is 4.62. The molecule has 2 aliphatic rings. The van der Waals surface area contributed by atoms with Crippen molar-refractivity contribution in [3.63, 3.8) is 0 Å². The molecular weight excluding hydrogens is 368 g/mol. The molecule has 0 aliphatic heterocycles. The van der Waals surface area contributed by atoms with E-state index in [9.17, 15) is 9.59 Å². The van der Waals surface area contributed by atoms with Crippen molar-refractivity contribution in [2.45, 2.75) is 46.6 Å². The number of ether oxygens (including phenoxy) is 3. The van der Waals surface area contributed by atoms with Gasteiger partial charge >= 0.3 is 0 Å². The Labute approximate surface area is 173 Å². The van der Waals surface area contributed by atoms with Gasteiger partial charge in [-0.25, -0.2) is 0 Å². The molecule has 5 nitrogen and oxygen atoms in total. The number of Topliss-reactive ketones (excluding diaryl/α,β-unsaturated/α-hetero) is 2. The molecule has 0 aromatic heterocycles. The monoisotopic (exact) mass is 398 g/mol. The topological polar surface area (TPSA) is 61.8 Å². The highest BCUT2D eigenvalue weighted by atomic mass is 16.5. The first-order chi connectivity index (χ1) is 13.6. The van der Waals surface area contributed by atoms with Crippen molar-refractivity contribution >= 4 is 11.6 Å². The van der Waals surface area contributed by atoms with Crippen molar-refractivity contribution in [3.05, 3.63) is 70.5 Å². The molecule has 0 saturated carbocycles. The first kappa shape index (κ1) is 22.5. The number of ketones is 2. The molecule has 0 aromatic carbocycles. The zero-order valence-corrected chi connectivity index (χ0v) is 18.3. The largest absolute Gasteiger partial charge is 0.493 e. The van der Waals surface area contributed by atoms with E-state index in [4.69, 9.17) is 14.2 Å². The van der Waals surface area contributed by atoms with E-state index in [-0.39, 0.29) is 29.0 Å². The van der Waals surface area contributed by atoms with E-state index in [0.29, 0.717) is 5.76 Å². The number of hydrogen-bond acceptors (Lipinski definition) is 5. The Kier molecular flexibility index (Phi) is 7.07. The third kappa shape index (κ3) is 5.59. The van der Waals surface area contributed by atoms with Gasteiger partial charge in [-0.05, 0) is 68.6 Å². The Bertz CT molecular complexity index is 869. The van der Waals surface area contributed by atoms with Crippen LogP contribution in [0.5, 0.6) is 0 Å². The Morgan fingerprint density at radius 1 is 0.862 bits per heavy atom. The molecule has 1 atom stereocenters. The average molecular weight is 398 g/mol. The molecule has 0 aromatic rings. The molecule has 0 spiro atoms. The van der Waals surface area contributed by atoms with Crippen LogP contribution in [-0.2, 0) is 23.8 Å². The molecule has 2 rings (SSSR count). The lowest BCUT2D eigenvalue weighted by atomic mass is 9.88. The molecule has 0 fully saturated rings. The van der Waals surface area contributed by atoms with Crippen LogP contribution in [-0.4, -0.2) is 31.4 Å². The molecule has 2 aliphatic carbocycles. The molecule has 0 amide bonds. The molecule has 0 radical (unpaired) electrons. The van der Waals surface area contributed by atoms with Gasteiger partial charge in [0.15, 0.2) is 17.3 Å². The zero-order valence-electron chi connectivity index (χ0n) is 18.3. The summed E-state index contributed by atoms with van der Waals surface area (Å²) in [6.07, 6.45) is 11.6. The van der Waals surface area contributed by atoms with Gasteiger partial charge in [0.25, 0.3) is 5.78 Å². The number of hydrogen-bond donors (Lipinski definition) is 0. The van der Waals surface area contributed by atoms with E-state index in [0.717, 1.165) is 23.1 Å². The van der Waals surface area contributed by atoms with E-state index >= 15 is 0 Å². The summed E-state index contributed by atoms with van der Waals surface area (Å²) in [7, 11) is 2.96. The molecule has 29 heavy (non-hydrogen) atoms. The summed E-state index contributed by atoms with van der Waals surface area (Å²) in [6, 6.07) is 0. The molecule has 0 bridgehead atoms. The quantitative estimate of drug-likeness (QED) is 0.647. The third-order valence-electron chi connectivity index (χ3n) is 4.62. The minimum atomic E-state index is -0.505. The summed E-state index contributed by atoms with van der Waals surface area (Å²) in [5.41, 5.74) is 1.83. The average Bonchev–Trinajstić information content (AvgIpc) is 2.67. The maximum absolute atomic E-state index is 12.5. The van der Waals surface area contributed by atoms with Crippen LogP contribution in [0, 0.1) is 5.92 Å². The minimum Gasteiger partial charge on any atom is -0.493 e. The van der Waals surface area contributed by atoms with Crippen LogP contribution < -0.4 is 0 Å². The summed E-state index contributed by atoms with van der Waals surface area (Å²) < 4.78 is 16.3. The van der Waals surface area contributed by atoms with Crippen LogP contribution in [0.2, 0.25) is 0 Å². The highest BCUT2D eigenvalue weighted by molar-refractivity contribution is 6.09. The van der Waals surface area contributed by atoms with E-state index in [1.54, 1.807) is 18.2 Å². The number of methoxy groups -OCH3 is 2. The van der Waals surface area contributed by atoms with Crippen molar-refractivity contribution < 1.29 is 23.8 Å². The second kappa shape index (κ2) is 9.12. The van der Waals surface area contributed by atoms with E-state index in [2.05, 4.69) is 0 Å². The number of rotatable bonds is 6. The summed E-state index contributed by atoms with van der Waals surface area (Å²) in [6.45, 7) is 9.72. The number of allylic oxidation sites excluding steroid dienone is 9. The van der Waals surface area contributed by atoms with Gasteiger partial charge in [-0.2, -0.15) is 0 Å². The van der Waals surface area contributed by atoms with E-state index in [1.165, 1.54) is 14.2 Å². The first-order valence-electron chi connectivity index (χ1n) is 9.74. The smallest absolute Gasteiger partial charge is 0.262 e. The molecule has 0 saturated heterocycles. The highest BCUT2D eigenvalue weighted by Crippen LogP contribution is 2.28. The predicted molar refractivity (Wildman–Crippen MR) is 113 cm³/mol. The van der Waals surface area contributed by atoms with Crippen LogP contribution >= 0.6 is 0 Å². The summed E-state index contributed by atoms with van der Waals surface area (Å²) in [5, 5.41) is 0. The predicted octanol–water partition coefficient (Wildman–Crippen LogP) is 4.74. The van der Waals surface area contributed by atoms with Gasteiger partial charge in [0.1, 0.15) is 5.60 Å². The fraction of sp³-hybridized carbons (Fsp3) is 0.417. The standard InChI is InChI=1S/C24H30O5/c1-8-15(2)18-11-16(12-19(27-6)22(18)25)9-10-17-13-20(28-7)23(26)21(14-17)29-24(3,4)5/h9-15H,8H2,1-7H3/b16-9-,17-10+. The maximum atomic E-state index is 12.5.